The molecule has 2 aliphatic rings. The lowest BCUT2D eigenvalue weighted by Crippen LogP contribution is -2.62. The van der Waals surface area contributed by atoms with E-state index in [0.717, 1.165) is 23.1 Å². The van der Waals surface area contributed by atoms with Gasteiger partial charge in [0.05, 0.1) is 13.2 Å². The van der Waals surface area contributed by atoms with Crippen molar-refractivity contribution < 1.29 is 23.5 Å². The molecule has 0 saturated carbocycles. The highest BCUT2D eigenvalue weighted by molar-refractivity contribution is 5.87. The molecule has 0 aromatic heterocycles. The summed E-state index contributed by atoms with van der Waals surface area (Å²) >= 11 is 0. The van der Waals surface area contributed by atoms with Crippen LogP contribution in [-0.4, -0.2) is 54.7 Å². The van der Waals surface area contributed by atoms with Gasteiger partial charge in [0.25, 0.3) is 11.8 Å². The van der Waals surface area contributed by atoms with Crippen LogP contribution in [0.15, 0.2) is 48.5 Å². The van der Waals surface area contributed by atoms with E-state index in [1.807, 2.05) is 30.3 Å². The van der Waals surface area contributed by atoms with Crippen molar-refractivity contribution in [2.75, 3.05) is 26.3 Å². The quantitative estimate of drug-likeness (QED) is 0.817. The van der Waals surface area contributed by atoms with Crippen LogP contribution in [0, 0.1) is 5.82 Å². The summed E-state index contributed by atoms with van der Waals surface area (Å²) in [7, 11) is 0. The fourth-order valence-electron chi connectivity index (χ4n) is 4.15. The van der Waals surface area contributed by atoms with Gasteiger partial charge in [-0.2, -0.15) is 0 Å². The number of rotatable bonds is 5. The van der Waals surface area contributed by atoms with Crippen molar-refractivity contribution in [3.8, 4) is 11.1 Å². The maximum absolute atomic E-state index is 13.6. The van der Waals surface area contributed by atoms with E-state index in [0.29, 0.717) is 19.6 Å². The van der Waals surface area contributed by atoms with Crippen molar-refractivity contribution in [3.63, 3.8) is 0 Å². The minimum Gasteiger partial charge on any atom is -0.368 e. The fourth-order valence-corrected chi connectivity index (χ4v) is 4.15. The first-order valence-electron chi connectivity index (χ1n) is 10.2. The van der Waals surface area contributed by atoms with Crippen LogP contribution in [0.5, 0.6) is 0 Å². The summed E-state index contributed by atoms with van der Waals surface area (Å²) in [5.74, 6) is -1.04. The highest BCUT2D eigenvalue weighted by Gasteiger charge is 2.45. The van der Waals surface area contributed by atoms with Gasteiger partial charge in [0.1, 0.15) is 11.9 Å². The van der Waals surface area contributed by atoms with Crippen molar-refractivity contribution in [3.05, 3.63) is 59.9 Å². The largest absolute Gasteiger partial charge is 0.368 e. The summed E-state index contributed by atoms with van der Waals surface area (Å²) in [6, 6.07) is 13.8. The van der Waals surface area contributed by atoms with E-state index < -0.39 is 17.6 Å². The Labute approximate surface area is 174 Å². The Balaban J connectivity index is 1.56. The van der Waals surface area contributed by atoms with Gasteiger partial charge in [-0.05, 0) is 41.7 Å². The minimum atomic E-state index is -1.31. The van der Waals surface area contributed by atoms with Crippen molar-refractivity contribution in [1.29, 1.82) is 0 Å². The van der Waals surface area contributed by atoms with E-state index in [4.69, 9.17) is 15.2 Å². The zero-order chi connectivity index (χ0) is 21.1. The first-order valence-corrected chi connectivity index (χ1v) is 10.2. The lowest BCUT2D eigenvalue weighted by molar-refractivity contribution is -0.167. The molecule has 0 radical (unpaired) electrons. The number of nitrogens with zero attached hydrogens (tertiary/aromatic N) is 1. The average molecular weight is 412 g/mol. The second kappa shape index (κ2) is 8.53. The number of carbonyl (C=O) groups is 2. The van der Waals surface area contributed by atoms with Gasteiger partial charge >= 0.3 is 0 Å². The van der Waals surface area contributed by atoms with Gasteiger partial charge < -0.3 is 20.1 Å². The van der Waals surface area contributed by atoms with Crippen LogP contribution in [0.3, 0.4) is 0 Å². The summed E-state index contributed by atoms with van der Waals surface area (Å²) in [6.07, 6.45) is 1.31. The van der Waals surface area contributed by atoms with Gasteiger partial charge in [-0.25, -0.2) is 4.39 Å². The summed E-state index contributed by atoms with van der Waals surface area (Å²) in [6.45, 7) is 1.29. The maximum atomic E-state index is 13.6. The van der Waals surface area contributed by atoms with Crippen LogP contribution in [-0.2, 0) is 25.5 Å². The second-order valence-corrected chi connectivity index (χ2v) is 7.86. The van der Waals surface area contributed by atoms with Crippen LogP contribution in [0.4, 0.5) is 4.39 Å². The molecule has 2 N–H and O–H groups in total. The molecule has 4 rings (SSSR count). The Morgan fingerprint density at radius 2 is 1.90 bits per heavy atom. The third kappa shape index (κ3) is 4.22. The number of nitrogens with two attached hydrogens (primary N) is 1. The first kappa shape index (κ1) is 20.5. The molecular weight excluding hydrogens is 387 g/mol. The number of benzene rings is 2. The molecule has 2 aromatic rings. The molecule has 0 bridgehead atoms. The maximum Gasteiger partial charge on any atom is 0.251 e. The molecule has 158 valence electrons. The Bertz CT molecular complexity index is 944. The first-order chi connectivity index (χ1) is 14.5. The van der Waals surface area contributed by atoms with Crippen LogP contribution in [0.2, 0.25) is 0 Å². The van der Waals surface area contributed by atoms with E-state index in [9.17, 15) is 14.0 Å². The molecule has 30 heavy (non-hydrogen) atoms. The number of carbonyl (C=O) groups excluding carboxylic acids is 2. The van der Waals surface area contributed by atoms with E-state index in [1.165, 1.54) is 12.1 Å². The normalized spacial score (nSPS) is 24.0. The van der Waals surface area contributed by atoms with Crippen LogP contribution in [0.1, 0.15) is 18.4 Å². The van der Waals surface area contributed by atoms with Crippen LogP contribution < -0.4 is 5.73 Å². The molecule has 2 unspecified atom stereocenters. The monoisotopic (exact) mass is 412 g/mol. The predicted molar refractivity (Wildman–Crippen MR) is 109 cm³/mol. The molecule has 7 heteroatoms. The molecule has 2 fully saturated rings. The molecule has 0 spiro atoms. The van der Waals surface area contributed by atoms with E-state index in [-0.39, 0.29) is 31.3 Å². The Morgan fingerprint density at radius 1 is 1.13 bits per heavy atom. The zero-order valence-corrected chi connectivity index (χ0v) is 16.7. The zero-order valence-electron chi connectivity index (χ0n) is 16.7. The molecule has 0 aliphatic carbocycles. The smallest absolute Gasteiger partial charge is 0.251 e. The Hall–Kier alpha value is -2.77. The predicted octanol–water partition coefficient (Wildman–Crippen LogP) is 2.30. The topological polar surface area (TPSA) is 81.9 Å². The van der Waals surface area contributed by atoms with Gasteiger partial charge in [-0.15, -0.1) is 0 Å². The number of morpholine rings is 1. The van der Waals surface area contributed by atoms with Gasteiger partial charge in [0.15, 0.2) is 5.60 Å². The van der Waals surface area contributed by atoms with E-state index in [2.05, 4.69) is 0 Å². The Morgan fingerprint density at radius 3 is 2.60 bits per heavy atom. The number of amides is 2. The third-order valence-electron chi connectivity index (χ3n) is 5.73. The molecule has 2 aliphatic heterocycles. The summed E-state index contributed by atoms with van der Waals surface area (Å²) in [5.41, 5.74) is 6.83. The van der Waals surface area contributed by atoms with Crippen LogP contribution in [0.25, 0.3) is 11.1 Å². The minimum absolute atomic E-state index is 0.0885. The summed E-state index contributed by atoms with van der Waals surface area (Å²) in [4.78, 5) is 26.9. The number of halogens is 1. The SMILES string of the molecule is NC(=O)C1(Cc2cccc(-c3cccc(F)c3)c2)CN(C(=O)C2CCCO2)CCO1. The standard InChI is InChI=1S/C23H25FN2O4/c24-19-7-2-6-18(13-19)17-5-1-4-16(12-17)14-23(22(25)28)15-26(9-11-30-23)21(27)20-8-3-10-29-20/h1-2,4-7,12-13,20H,3,8-11,14-15H2,(H2,25,28). The van der Waals surface area contributed by atoms with E-state index >= 15 is 0 Å². The fraction of sp³-hybridized carbons (Fsp3) is 0.391. The highest BCUT2D eigenvalue weighted by Crippen LogP contribution is 2.28. The summed E-state index contributed by atoms with van der Waals surface area (Å²) < 4.78 is 25.0. The Kier molecular flexibility index (Phi) is 5.83. The van der Waals surface area contributed by atoms with Gasteiger partial charge in [0, 0.05) is 19.6 Å². The van der Waals surface area contributed by atoms with Crippen molar-refractivity contribution in [2.45, 2.75) is 31.0 Å². The molecule has 2 aromatic carbocycles. The number of hydrogen-bond donors (Lipinski definition) is 1. The number of ether oxygens (including phenoxy) is 2. The van der Waals surface area contributed by atoms with Crippen LogP contribution >= 0.6 is 0 Å². The van der Waals surface area contributed by atoms with Crippen molar-refractivity contribution in [2.24, 2.45) is 5.73 Å². The highest BCUT2D eigenvalue weighted by atomic mass is 19.1. The third-order valence-corrected chi connectivity index (χ3v) is 5.73. The lowest BCUT2D eigenvalue weighted by atomic mass is 9.90. The lowest BCUT2D eigenvalue weighted by Gasteiger charge is -2.41. The average Bonchev–Trinajstić information content (AvgIpc) is 3.28. The molecule has 2 atom stereocenters. The molecule has 2 amide bonds. The van der Waals surface area contributed by atoms with Crippen molar-refractivity contribution in [1.82, 2.24) is 4.90 Å². The number of hydrogen-bond acceptors (Lipinski definition) is 4. The van der Waals surface area contributed by atoms with Gasteiger partial charge in [-0.1, -0.05) is 36.4 Å². The van der Waals surface area contributed by atoms with E-state index in [1.54, 1.807) is 11.0 Å². The molecule has 2 saturated heterocycles. The molecule has 2 heterocycles. The van der Waals surface area contributed by atoms with Crippen molar-refractivity contribution >= 4 is 11.8 Å². The molecule has 6 nitrogen and oxygen atoms in total. The second-order valence-electron chi connectivity index (χ2n) is 7.86. The molecular formula is C23H25FN2O4. The van der Waals surface area contributed by atoms with Gasteiger partial charge in [0.2, 0.25) is 0 Å². The number of primary amides is 1. The summed E-state index contributed by atoms with van der Waals surface area (Å²) in [5, 5.41) is 0. The van der Waals surface area contributed by atoms with Gasteiger partial charge in [-0.3, -0.25) is 9.59 Å².